The van der Waals surface area contributed by atoms with Crippen molar-refractivity contribution in [3.05, 3.63) is 35.4 Å². The average molecular weight is 272 g/mol. The van der Waals surface area contributed by atoms with Crippen LogP contribution in [-0.2, 0) is 13.0 Å². The van der Waals surface area contributed by atoms with Gasteiger partial charge in [0.2, 0.25) is 5.88 Å². The third-order valence-corrected chi connectivity index (χ3v) is 3.37. The number of nitrogens with zero attached hydrogens (tertiary/aromatic N) is 2. The van der Waals surface area contributed by atoms with E-state index in [1.807, 2.05) is 4.68 Å². The predicted molar refractivity (Wildman–Crippen MR) is 82.9 cm³/mol. The molecule has 3 nitrogen and oxygen atoms in total. The van der Waals surface area contributed by atoms with E-state index in [0.717, 1.165) is 36.2 Å². The molecule has 2 aromatic rings. The average Bonchev–Trinajstić information content (AvgIpc) is 2.66. The summed E-state index contributed by atoms with van der Waals surface area (Å²) < 4.78 is 1.95. The van der Waals surface area contributed by atoms with E-state index >= 15 is 0 Å². The van der Waals surface area contributed by atoms with Crippen LogP contribution in [0.25, 0.3) is 11.3 Å². The van der Waals surface area contributed by atoms with Gasteiger partial charge in [-0.1, -0.05) is 44.5 Å². The topological polar surface area (TPSA) is 38.0 Å². The highest BCUT2D eigenvalue weighted by Crippen LogP contribution is 2.32. The van der Waals surface area contributed by atoms with Crippen LogP contribution in [0.1, 0.15) is 38.3 Å². The number of aromatic hydroxyl groups is 1. The van der Waals surface area contributed by atoms with Crippen LogP contribution in [0.2, 0.25) is 0 Å². The van der Waals surface area contributed by atoms with E-state index in [1.54, 1.807) is 0 Å². The molecular formula is C17H24N2O. The van der Waals surface area contributed by atoms with Crippen molar-refractivity contribution in [2.45, 2.75) is 47.1 Å². The number of hydrogen-bond donors (Lipinski definition) is 1. The Labute approximate surface area is 121 Å². The van der Waals surface area contributed by atoms with Crippen LogP contribution in [0.5, 0.6) is 5.88 Å². The van der Waals surface area contributed by atoms with Crippen molar-refractivity contribution >= 4 is 0 Å². The lowest BCUT2D eigenvalue weighted by Crippen LogP contribution is -2.03. The zero-order valence-electron chi connectivity index (χ0n) is 12.8. The van der Waals surface area contributed by atoms with Gasteiger partial charge in [0.1, 0.15) is 0 Å². The molecule has 0 aliphatic rings. The molecule has 0 aliphatic heterocycles. The Balaban J connectivity index is 2.57. The van der Waals surface area contributed by atoms with Crippen LogP contribution >= 0.6 is 0 Å². The molecule has 0 unspecified atom stereocenters. The fraction of sp³-hybridized carbons (Fsp3) is 0.471. The molecule has 2 rings (SSSR count). The lowest BCUT2D eigenvalue weighted by molar-refractivity contribution is 0.429. The third kappa shape index (κ3) is 3.03. The zero-order valence-corrected chi connectivity index (χ0v) is 12.8. The molecule has 0 radical (unpaired) electrons. The van der Waals surface area contributed by atoms with Gasteiger partial charge in [0.25, 0.3) is 0 Å². The first-order valence-corrected chi connectivity index (χ1v) is 7.38. The summed E-state index contributed by atoms with van der Waals surface area (Å²) in [6, 6.07) is 8.40. The summed E-state index contributed by atoms with van der Waals surface area (Å²) >= 11 is 0. The summed E-state index contributed by atoms with van der Waals surface area (Å²) in [4.78, 5) is 0. The molecule has 20 heavy (non-hydrogen) atoms. The van der Waals surface area contributed by atoms with Gasteiger partial charge in [-0.25, -0.2) is 0 Å². The first-order chi connectivity index (χ1) is 9.52. The predicted octanol–water partition coefficient (Wildman–Crippen LogP) is 4.17. The maximum absolute atomic E-state index is 10.2. The largest absolute Gasteiger partial charge is 0.492 e. The minimum Gasteiger partial charge on any atom is -0.492 e. The van der Waals surface area contributed by atoms with E-state index in [-0.39, 0.29) is 5.88 Å². The molecule has 108 valence electrons. The summed E-state index contributed by atoms with van der Waals surface area (Å²) in [6.45, 7) is 9.37. The molecule has 1 aromatic heterocycles. The van der Waals surface area contributed by atoms with E-state index in [0.29, 0.717) is 5.92 Å². The highest BCUT2D eigenvalue weighted by Gasteiger charge is 2.19. The molecule has 0 fully saturated rings. The highest BCUT2D eigenvalue weighted by atomic mass is 16.3. The van der Waals surface area contributed by atoms with Crippen LogP contribution in [0.4, 0.5) is 0 Å². The van der Waals surface area contributed by atoms with Crippen LogP contribution in [0.3, 0.4) is 0 Å². The van der Waals surface area contributed by atoms with Crippen molar-refractivity contribution in [2.24, 2.45) is 5.92 Å². The number of rotatable bonds is 5. The fourth-order valence-corrected chi connectivity index (χ4v) is 2.57. The molecular weight excluding hydrogens is 248 g/mol. The van der Waals surface area contributed by atoms with E-state index in [9.17, 15) is 5.11 Å². The maximum atomic E-state index is 10.2. The van der Waals surface area contributed by atoms with Gasteiger partial charge >= 0.3 is 0 Å². The Bertz CT molecular complexity index is 585. The summed E-state index contributed by atoms with van der Waals surface area (Å²) in [5, 5.41) is 14.5. The van der Waals surface area contributed by atoms with Crippen LogP contribution in [-0.4, -0.2) is 14.9 Å². The Kier molecular flexibility index (Phi) is 4.48. The number of aromatic nitrogens is 2. The van der Waals surface area contributed by atoms with Gasteiger partial charge in [-0.3, -0.25) is 4.68 Å². The van der Waals surface area contributed by atoms with E-state index in [2.05, 4.69) is 57.1 Å². The van der Waals surface area contributed by atoms with Gasteiger partial charge < -0.3 is 5.11 Å². The van der Waals surface area contributed by atoms with Crippen molar-refractivity contribution in [1.82, 2.24) is 9.78 Å². The first-order valence-electron chi connectivity index (χ1n) is 7.38. The van der Waals surface area contributed by atoms with Crippen molar-refractivity contribution in [3.63, 3.8) is 0 Å². The summed E-state index contributed by atoms with van der Waals surface area (Å²) in [5.41, 5.74) is 4.41. The van der Waals surface area contributed by atoms with Gasteiger partial charge in [-0.05, 0) is 31.7 Å². The molecule has 0 bridgehead atoms. The van der Waals surface area contributed by atoms with E-state index in [4.69, 9.17) is 0 Å². The SMILES string of the molecule is CCCn1nc(O)c(CC(C)C)c1-c1cccc(C)c1. The fourth-order valence-electron chi connectivity index (χ4n) is 2.57. The Morgan fingerprint density at radius 1 is 1.30 bits per heavy atom. The number of aryl methyl sites for hydroxylation is 2. The van der Waals surface area contributed by atoms with Gasteiger partial charge in [0.05, 0.1) is 5.69 Å². The normalized spacial score (nSPS) is 11.2. The van der Waals surface area contributed by atoms with Crippen molar-refractivity contribution < 1.29 is 5.11 Å². The van der Waals surface area contributed by atoms with Crippen LogP contribution in [0, 0.1) is 12.8 Å². The van der Waals surface area contributed by atoms with Gasteiger partial charge in [0, 0.05) is 17.7 Å². The molecule has 1 N–H and O–H groups in total. The molecule has 3 heteroatoms. The number of benzene rings is 1. The van der Waals surface area contributed by atoms with Crippen LogP contribution < -0.4 is 0 Å². The third-order valence-electron chi connectivity index (χ3n) is 3.37. The minimum atomic E-state index is 0.184. The number of hydrogen-bond acceptors (Lipinski definition) is 2. The minimum absolute atomic E-state index is 0.184. The second kappa shape index (κ2) is 6.12. The van der Waals surface area contributed by atoms with Gasteiger partial charge in [-0.15, -0.1) is 5.10 Å². The lowest BCUT2D eigenvalue weighted by Gasteiger charge is -2.11. The molecule has 0 spiro atoms. The molecule has 0 aliphatic carbocycles. The van der Waals surface area contributed by atoms with Crippen LogP contribution in [0.15, 0.2) is 24.3 Å². The molecule has 0 atom stereocenters. The molecule has 0 amide bonds. The van der Waals surface area contributed by atoms with Gasteiger partial charge in [0.15, 0.2) is 0 Å². The lowest BCUT2D eigenvalue weighted by atomic mass is 9.98. The molecule has 0 saturated carbocycles. The summed E-state index contributed by atoms with van der Waals surface area (Å²) in [6.07, 6.45) is 1.85. The Hall–Kier alpha value is -1.77. The summed E-state index contributed by atoms with van der Waals surface area (Å²) in [5.74, 6) is 0.674. The van der Waals surface area contributed by atoms with E-state index < -0.39 is 0 Å². The Morgan fingerprint density at radius 2 is 2.05 bits per heavy atom. The second-order valence-corrected chi connectivity index (χ2v) is 5.84. The van der Waals surface area contributed by atoms with Gasteiger partial charge in [-0.2, -0.15) is 0 Å². The van der Waals surface area contributed by atoms with Crippen molar-refractivity contribution in [3.8, 4) is 17.1 Å². The highest BCUT2D eigenvalue weighted by molar-refractivity contribution is 5.66. The maximum Gasteiger partial charge on any atom is 0.234 e. The van der Waals surface area contributed by atoms with Crippen molar-refractivity contribution in [1.29, 1.82) is 0 Å². The molecule has 0 saturated heterocycles. The Morgan fingerprint density at radius 3 is 2.65 bits per heavy atom. The molecule has 1 heterocycles. The first kappa shape index (κ1) is 14.6. The second-order valence-electron chi connectivity index (χ2n) is 5.84. The zero-order chi connectivity index (χ0) is 14.7. The summed E-state index contributed by atoms with van der Waals surface area (Å²) in [7, 11) is 0. The van der Waals surface area contributed by atoms with E-state index in [1.165, 1.54) is 5.56 Å². The smallest absolute Gasteiger partial charge is 0.234 e. The quantitative estimate of drug-likeness (QED) is 0.887. The standard InChI is InChI=1S/C17H24N2O/c1-5-9-19-16(14-8-6-7-13(4)11-14)15(10-12(2)3)17(20)18-19/h6-8,11-12H,5,9-10H2,1-4H3,(H,18,20). The molecule has 1 aromatic carbocycles. The van der Waals surface area contributed by atoms with Crippen molar-refractivity contribution in [2.75, 3.05) is 0 Å². The monoisotopic (exact) mass is 272 g/mol.